The largest absolute Gasteiger partial charge is 0.423 e. The van der Waals surface area contributed by atoms with Crippen molar-refractivity contribution in [2.45, 2.75) is 26.7 Å². The van der Waals surface area contributed by atoms with Crippen molar-refractivity contribution in [3.8, 4) is 0 Å². The highest BCUT2D eigenvalue weighted by molar-refractivity contribution is 5.95. The smallest absolute Gasteiger partial charge is 0.336 e. The van der Waals surface area contributed by atoms with Crippen LogP contribution >= 0.6 is 0 Å². The van der Waals surface area contributed by atoms with Gasteiger partial charge < -0.3 is 14.6 Å². The molecule has 0 spiro atoms. The molecule has 3 rings (SSSR count). The fraction of sp³-hybridized carbons (Fsp3) is 0.444. The molecular weight excluding hydrogens is 292 g/mol. The van der Waals surface area contributed by atoms with E-state index in [0.717, 1.165) is 43.4 Å². The van der Waals surface area contributed by atoms with Crippen LogP contribution in [0.3, 0.4) is 0 Å². The van der Waals surface area contributed by atoms with Crippen molar-refractivity contribution in [2.75, 3.05) is 25.0 Å². The molecule has 2 heterocycles. The van der Waals surface area contributed by atoms with Crippen molar-refractivity contribution in [1.82, 2.24) is 4.90 Å². The molecule has 0 saturated carbocycles. The third-order valence-corrected chi connectivity index (χ3v) is 4.62. The lowest BCUT2D eigenvalue weighted by atomic mass is 9.96. The molecule has 0 radical (unpaired) electrons. The summed E-state index contributed by atoms with van der Waals surface area (Å²) in [6, 6.07) is 6.93. The van der Waals surface area contributed by atoms with Crippen LogP contribution in [0.4, 0.5) is 5.69 Å². The molecule has 5 nitrogen and oxygen atoms in total. The second-order valence-electron chi connectivity index (χ2n) is 6.16. The molecule has 1 N–H and O–H groups in total. The van der Waals surface area contributed by atoms with E-state index in [1.807, 2.05) is 19.1 Å². The van der Waals surface area contributed by atoms with E-state index in [4.69, 9.17) is 4.42 Å². The zero-order chi connectivity index (χ0) is 16.4. The summed E-state index contributed by atoms with van der Waals surface area (Å²) >= 11 is 0. The molecule has 122 valence electrons. The molecule has 0 atom stereocenters. The summed E-state index contributed by atoms with van der Waals surface area (Å²) in [5.41, 5.74) is 1.69. The van der Waals surface area contributed by atoms with Gasteiger partial charge in [-0.25, -0.2) is 4.79 Å². The highest BCUT2D eigenvalue weighted by Crippen LogP contribution is 2.23. The number of amides is 1. The summed E-state index contributed by atoms with van der Waals surface area (Å²) < 4.78 is 5.23. The van der Waals surface area contributed by atoms with Crippen molar-refractivity contribution < 1.29 is 9.21 Å². The van der Waals surface area contributed by atoms with Crippen LogP contribution in [-0.2, 0) is 4.79 Å². The number of nitrogens with zero attached hydrogens (tertiary/aromatic N) is 1. The topological polar surface area (TPSA) is 62.6 Å². The maximum absolute atomic E-state index is 12.4. The number of hydrogen-bond donors (Lipinski definition) is 1. The molecule has 0 bridgehead atoms. The average Bonchev–Trinajstić information content (AvgIpc) is 2.54. The number of likely N-dealkylation sites (tertiary alicyclic amines) is 1. The summed E-state index contributed by atoms with van der Waals surface area (Å²) in [6.45, 7) is 7.00. The molecular formula is C18H22N2O3. The second-order valence-corrected chi connectivity index (χ2v) is 6.16. The average molecular weight is 314 g/mol. The Hall–Kier alpha value is -2.14. The Morgan fingerprint density at radius 3 is 2.74 bits per heavy atom. The van der Waals surface area contributed by atoms with Crippen molar-refractivity contribution in [1.29, 1.82) is 0 Å². The molecule has 1 saturated heterocycles. The molecule has 1 aromatic carbocycles. The first-order chi connectivity index (χ1) is 11.1. The van der Waals surface area contributed by atoms with Gasteiger partial charge in [0.2, 0.25) is 5.91 Å². The van der Waals surface area contributed by atoms with Crippen LogP contribution in [0.25, 0.3) is 11.0 Å². The van der Waals surface area contributed by atoms with E-state index in [1.54, 1.807) is 6.07 Å². The number of benzene rings is 1. The molecule has 1 aliphatic heterocycles. The fourth-order valence-electron chi connectivity index (χ4n) is 3.16. The summed E-state index contributed by atoms with van der Waals surface area (Å²) in [6.07, 6.45) is 1.78. The minimum Gasteiger partial charge on any atom is -0.423 e. The van der Waals surface area contributed by atoms with Gasteiger partial charge in [0, 0.05) is 29.1 Å². The van der Waals surface area contributed by atoms with Crippen LogP contribution < -0.4 is 10.9 Å². The molecule has 1 amide bonds. The van der Waals surface area contributed by atoms with E-state index in [9.17, 15) is 9.59 Å². The predicted molar refractivity (Wildman–Crippen MR) is 90.7 cm³/mol. The summed E-state index contributed by atoms with van der Waals surface area (Å²) in [7, 11) is 0. The lowest BCUT2D eigenvalue weighted by molar-refractivity contribution is -0.121. The number of piperidine rings is 1. The Labute approximate surface area is 135 Å². The molecule has 0 unspecified atom stereocenters. The second kappa shape index (κ2) is 6.54. The summed E-state index contributed by atoms with van der Waals surface area (Å²) in [5.74, 6) is 0.105. The van der Waals surface area contributed by atoms with Gasteiger partial charge in [0.15, 0.2) is 0 Å². The molecule has 1 fully saturated rings. The van der Waals surface area contributed by atoms with Crippen LogP contribution in [0.2, 0.25) is 0 Å². The van der Waals surface area contributed by atoms with Crippen LogP contribution in [-0.4, -0.2) is 30.4 Å². The first-order valence-corrected chi connectivity index (χ1v) is 8.14. The standard InChI is InChI=1S/C18H22N2O3/c1-3-20-8-6-13(7-9-20)18(22)19-14-4-5-15-12(2)10-17(21)23-16(15)11-14/h4-5,10-11,13H,3,6-9H2,1-2H3,(H,19,22). The zero-order valence-corrected chi connectivity index (χ0v) is 13.6. The molecule has 1 aromatic heterocycles. The van der Waals surface area contributed by atoms with E-state index in [2.05, 4.69) is 17.1 Å². The van der Waals surface area contributed by atoms with Crippen LogP contribution in [0.15, 0.2) is 33.5 Å². The Balaban J connectivity index is 1.74. The minimum atomic E-state index is -0.370. The van der Waals surface area contributed by atoms with Crippen LogP contribution in [0.1, 0.15) is 25.3 Å². The molecule has 2 aromatic rings. The molecule has 5 heteroatoms. The zero-order valence-electron chi connectivity index (χ0n) is 13.6. The van der Waals surface area contributed by atoms with Gasteiger partial charge in [-0.3, -0.25) is 4.79 Å². The van der Waals surface area contributed by atoms with Crippen LogP contribution in [0, 0.1) is 12.8 Å². The number of nitrogens with one attached hydrogen (secondary N) is 1. The first kappa shape index (κ1) is 15.7. The lowest BCUT2D eigenvalue weighted by Gasteiger charge is -2.30. The summed E-state index contributed by atoms with van der Waals surface area (Å²) in [4.78, 5) is 26.3. The van der Waals surface area contributed by atoms with E-state index < -0.39 is 0 Å². The highest BCUT2D eigenvalue weighted by Gasteiger charge is 2.24. The maximum Gasteiger partial charge on any atom is 0.336 e. The Bertz CT molecular complexity index is 773. The minimum absolute atomic E-state index is 0.0510. The fourth-order valence-corrected chi connectivity index (χ4v) is 3.16. The third-order valence-electron chi connectivity index (χ3n) is 4.62. The van der Waals surface area contributed by atoms with Gasteiger partial charge in [0.25, 0.3) is 0 Å². The Morgan fingerprint density at radius 1 is 1.30 bits per heavy atom. The molecule has 0 aliphatic carbocycles. The molecule has 23 heavy (non-hydrogen) atoms. The van der Waals surface area contributed by atoms with Crippen molar-refractivity contribution in [3.63, 3.8) is 0 Å². The number of hydrogen-bond acceptors (Lipinski definition) is 4. The van der Waals surface area contributed by atoms with Crippen molar-refractivity contribution in [2.24, 2.45) is 5.92 Å². The quantitative estimate of drug-likeness (QED) is 0.885. The molecule has 1 aliphatic rings. The lowest BCUT2D eigenvalue weighted by Crippen LogP contribution is -2.37. The predicted octanol–water partition coefficient (Wildman–Crippen LogP) is 2.77. The normalized spacial score (nSPS) is 16.6. The van der Waals surface area contributed by atoms with Crippen molar-refractivity contribution >= 4 is 22.6 Å². The third kappa shape index (κ3) is 3.45. The number of aryl methyl sites for hydroxylation is 1. The van der Waals surface area contributed by atoms with Gasteiger partial charge in [-0.1, -0.05) is 6.92 Å². The van der Waals surface area contributed by atoms with Gasteiger partial charge in [-0.2, -0.15) is 0 Å². The SMILES string of the molecule is CCN1CCC(C(=O)Nc2ccc3c(C)cc(=O)oc3c2)CC1. The van der Waals surface area contributed by atoms with Gasteiger partial charge in [0.05, 0.1) is 0 Å². The Morgan fingerprint density at radius 2 is 2.04 bits per heavy atom. The van der Waals surface area contributed by atoms with E-state index >= 15 is 0 Å². The number of carbonyl (C=O) groups excluding carboxylic acids is 1. The van der Waals surface area contributed by atoms with E-state index in [1.165, 1.54) is 6.07 Å². The van der Waals surface area contributed by atoms with E-state index in [-0.39, 0.29) is 17.5 Å². The number of fused-ring (bicyclic) bond motifs is 1. The summed E-state index contributed by atoms with van der Waals surface area (Å²) in [5, 5.41) is 3.84. The van der Waals surface area contributed by atoms with Gasteiger partial charge >= 0.3 is 5.63 Å². The number of rotatable bonds is 3. The van der Waals surface area contributed by atoms with E-state index in [0.29, 0.717) is 11.3 Å². The number of carbonyl (C=O) groups is 1. The van der Waals surface area contributed by atoms with Crippen LogP contribution in [0.5, 0.6) is 0 Å². The van der Waals surface area contributed by atoms with Gasteiger partial charge in [-0.05, 0) is 57.1 Å². The van der Waals surface area contributed by atoms with Gasteiger partial charge in [-0.15, -0.1) is 0 Å². The first-order valence-electron chi connectivity index (χ1n) is 8.14. The van der Waals surface area contributed by atoms with Crippen molar-refractivity contribution in [3.05, 3.63) is 40.2 Å². The Kier molecular flexibility index (Phi) is 4.48. The monoisotopic (exact) mass is 314 g/mol. The highest BCUT2D eigenvalue weighted by atomic mass is 16.4. The number of anilines is 1. The maximum atomic E-state index is 12.4. The van der Waals surface area contributed by atoms with Gasteiger partial charge in [0.1, 0.15) is 5.58 Å².